The second kappa shape index (κ2) is 4.47. The molecule has 1 unspecified atom stereocenters. The van der Waals surface area contributed by atoms with Crippen molar-refractivity contribution >= 4 is 5.97 Å². The molecule has 3 heteroatoms. The van der Waals surface area contributed by atoms with Crippen LogP contribution >= 0.6 is 0 Å². The number of carboxylic acid groups (broad SMARTS) is 1. The number of carbonyl (C=O) groups is 1. The van der Waals surface area contributed by atoms with Gasteiger partial charge in [-0.3, -0.25) is 9.69 Å². The van der Waals surface area contributed by atoms with Gasteiger partial charge in [0.25, 0.3) is 0 Å². The van der Waals surface area contributed by atoms with Crippen molar-refractivity contribution < 1.29 is 9.90 Å². The van der Waals surface area contributed by atoms with Crippen LogP contribution in [0.4, 0.5) is 0 Å². The largest absolute Gasteiger partial charge is 0.480 e. The first-order valence-electron chi connectivity index (χ1n) is 8.22. The molecule has 3 aliphatic carbocycles. The number of carboxylic acids is 1. The van der Waals surface area contributed by atoms with Crippen LogP contribution in [0.5, 0.6) is 0 Å². The Balaban J connectivity index is 1.60. The predicted octanol–water partition coefficient (Wildman–Crippen LogP) is 2.89. The van der Waals surface area contributed by atoms with Gasteiger partial charge in [0.1, 0.15) is 6.04 Å². The van der Waals surface area contributed by atoms with Crippen LogP contribution in [0.3, 0.4) is 0 Å². The quantitative estimate of drug-likeness (QED) is 0.851. The molecule has 0 radical (unpaired) electrons. The molecule has 0 aromatic carbocycles. The molecule has 0 aromatic heterocycles. The topological polar surface area (TPSA) is 40.5 Å². The number of hydrogen-bond acceptors (Lipinski definition) is 2. The molecule has 1 N–H and O–H groups in total. The van der Waals surface area contributed by atoms with Gasteiger partial charge in [0, 0.05) is 12.1 Å². The van der Waals surface area contributed by atoms with Gasteiger partial charge in [-0.15, -0.1) is 0 Å². The number of hydrogen-bond donors (Lipinski definition) is 1. The molecule has 106 valence electrons. The molecule has 2 aliphatic heterocycles. The smallest absolute Gasteiger partial charge is 0.321 e. The summed E-state index contributed by atoms with van der Waals surface area (Å²) >= 11 is 0. The molecular weight excluding hydrogens is 238 g/mol. The lowest BCUT2D eigenvalue weighted by atomic mass is 9.63. The van der Waals surface area contributed by atoms with Crippen molar-refractivity contribution in [1.82, 2.24) is 4.90 Å². The van der Waals surface area contributed by atoms with Gasteiger partial charge in [-0.1, -0.05) is 12.8 Å². The van der Waals surface area contributed by atoms with E-state index in [-0.39, 0.29) is 6.04 Å². The predicted molar refractivity (Wildman–Crippen MR) is 72.9 cm³/mol. The Hall–Kier alpha value is -0.570. The van der Waals surface area contributed by atoms with Crippen LogP contribution in [0.25, 0.3) is 0 Å². The molecule has 0 amide bonds. The molecule has 1 atom stereocenters. The molecule has 2 heterocycles. The van der Waals surface area contributed by atoms with Crippen molar-refractivity contribution in [2.45, 2.75) is 75.9 Å². The van der Waals surface area contributed by atoms with Crippen LogP contribution in [0.2, 0.25) is 0 Å². The fourth-order valence-corrected chi connectivity index (χ4v) is 5.87. The zero-order valence-electron chi connectivity index (χ0n) is 11.6. The number of rotatable bonds is 3. The maximum absolute atomic E-state index is 11.9. The van der Waals surface area contributed by atoms with Gasteiger partial charge < -0.3 is 5.11 Å². The first-order chi connectivity index (χ1) is 9.22. The van der Waals surface area contributed by atoms with Crippen LogP contribution in [-0.4, -0.2) is 34.1 Å². The van der Waals surface area contributed by atoms with Gasteiger partial charge >= 0.3 is 5.97 Å². The molecule has 4 bridgehead atoms. The van der Waals surface area contributed by atoms with Crippen LogP contribution in [-0.2, 0) is 4.79 Å². The summed E-state index contributed by atoms with van der Waals surface area (Å²) in [7, 11) is 0. The molecule has 0 spiro atoms. The summed E-state index contributed by atoms with van der Waals surface area (Å²) in [5, 5.41) is 9.78. The third-order valence-corrected chi connectivity index (χ3v) is 6.35. The molecule has 3 saturated carbocycles. The van der Waals surface area contributed by atoms with E-state index in [1.807, 2.05) is 0 Å². The van der Waals surface area contributed by atoms with E-state index in [0.717, 1.165) is 24.7 Å². The maximum atomic E-state index is 11.9. The molecular formula is C16H25NO2. The molecule has 19 heavy (non-hydrogen) atoms. The summed E-state index contributed by atoms with van der Waals surface area (Å²) in [4.78, 5) is 14.3. The summed E-state index contributed by atoms with van der Waals surface area (Å²) < 4.78 is 0. The fraction of sp³-hybridized carbons (Fsp3) is 0.938. The van der Waals surface area contributed by atoms with E-state index in [9.17, 15) is 9.90 Å². The van der Waals surface area contributed by atoms with Crippen molar-refractivity contribution in [3.05, 3.63) is 0 Å². The lowest BCUT2D eigenvalue weighted by Crippen LogP contribution is -2.64. The molecule has 3 nitrogen and oxygen atoms in total. The van der Waals surface area contributed by atoms with Gasteiger partial charge in [-0.05, 0) is 62.7 Å². The van der Waals surface area contributed by atoms with Gasteiger partial charge in [-0.2, -0.15) is 0 Å². The van der Waals surface area contributed by atoms with Gasteiger partial charge in [0.2, 0.25) is 0 Å². The van der Waals surface area contributed by atoms with Gasteiger partial charge in [0.15, 0.2) is 0 Å². The Kier molecular flexibility index (Phi) is 2.87. The highest BCUT2D eigenvalue weighted by molar-refractivity contribution is 5.74. The van der Waals surface area contributed by atoms with E-state index < -0.39 is 5.97 Å². The molecule has 0 aromatic rings. The van der Waals surface area contributed by atoms with E-state index >= 15 is 0 Å². The van der Waals surface area contributed by atoms with E-state index in [0.29, 0.717) is 18.0 Å². The van der Waals surface area contributed by atoms with Crippen LogP contribution in [0.1, 0.15) is 57.8 Å². The number of aliphatic carboxylic acids is 1. The lowest BCUT2D eigenvalue weighted by molar-refractivity contribution is -0.158. The lowest BCUT2D eigenvalue weighted by Gasteiger charge is -2.58. The normalized spacial score (nSPS) is 43.8. The third-order valence-electron chi connectivity index (χ3n) is 6.35. The van der Waals surface area contributed by atoms with Crippen molar-refractivity contribution in [3.8, 4) is 0 Å². The minimum absolute atomic E-state index is 0.169. The highest BCUT2D eigenvalue weighted by Crippen LogP contribution is 2.51. The minimum Gasteiger partial charge on any atom is -0.480 e. The molecule has 5 fully saturated rings. The zero-order chi connectivity index (χ0) is 13.0. The summed E-state index contributed by atoms with van der Waals surface area (Å²) in [5.41, 5.74) is 0. The molecule has 2 saturated heterocycles. The van der Waals surface area contributed by atoms with Crippen molar-refractivity contribution in [2.24, 2.45) is 17.8 Å². The monoisotopic (exact) mass is 263 g/mol. The zero-order valence-corrected chi connectivity index (χ0v) is 11.6. The standard InChI is InChI=1S/C16H25NO2/c18-16(19)15(12-3-1-2-4-12)17-13-6-10-5-11(8-13)9-14(17)7-10/h10-15H,1-9H2,(H,18,19). The average Bonchev–Trinajstić information content (AvgIpc) is 2.85. The number of piperidine rings is 2. The van der Waals surface area contributed by atoms with Crippen LogP contribution in [0.15, 0.2) is 0 Å². The maximum Gasteiger partial charge on any atom is 0.321 e. The van der Waals surface area contributed by atoms with E-state index in [4.69, 9.17) is 0 Å². The molecule has 5 rings (SSSR count). The second-order valence-corrected chi connectivity index (χ2v) is 7.49. The van der Waals surface area contributed by atoms with Gasteiger partial charge in [0.05, 0.1) is 0 Å². The summed E-state index contributed by atoms with van der Waals surface area (Å²) in [6.07, 6.45) is 11.3. The van der Waals surface area contributed by atoms with Crippen molar-refractivity contribution in [3.63, 3.8) is 0 Å². The highest BCUT2D eigenvalue weighted by Gasteiger charge is 2.51. The Morgan fingerprint density at radius 2 is 1.47 bits per heavy atom. The van der Waals surface area contributed by atoms with Crippen LogP contribution < -0.4 is 0 Å². The first kappa shape index (κ1) is 12.2. The summed E-state index contributed by atoms with van der Waals surface area (Å²) in [6, 6.07) is 1.02. The van der Waals surface area contributed by atoms with E-state index in [1.54, 1.807) is 0 Å². The number of nitrogens with zero attached hydrogens (tertiary/aromatic N) is 1. The van der Waals surface area contributed by atoms with Crippen LogP contribution in [0, 0.1) is 17.8 Å². The molecule has 5 aliphatic rings. The fourth-order valence-electron chi connectivity index (χ4n) is 5.87. The Bertz CT molecular complexity index is 347. The third kappa shape index (κ3) is 1.93. The Morgan fingerprint density at radius 1 is 0.947 bits per heavy atom. The minimum atomic E-state index is -0.542. The van der Waals surface area contributed by atoms with Gasteiger partial charge in [-0.25, -0.2) is 0 Å². The summed E-state index contributed by atoms with van der Waals surface area (Å²) in [6.45, 7) is 0. The van der Waals surface area contributed by atoms with E-state index in [1.165, 1.54) is 44.9 Å². The first-order valence-corrected chi connectivity index (χ1v) is 8.22. The van der Waals surface area contributed by atoms with E-state index in [2.05, 4.69) is 4.90 Å². The highest BCUT2D eigenvalue weighted by atomic mass is 16.4. The van der Waals surface area contributed by atoms with Crippen molar-refractivity contribution in [2.75, 3.05) is 0 Å². The summed E-state index contributed by atoms with van der Waals surface area (Å²) in [5.74, 6) is 1.71. The average molecular weight is 263 g/mol. The Labute approximate surface area is 115 Å². The second-order valence-electron chi connectivity index (χ2n) is 7.49. The Morgan fingerprint density at radius 3 is 1.95 bits per heavy atom. The van der Waals surface area contributed by atoms with Crippen molar-refractivity contribution in [1.29, 1.82) is 0 Å². The SMILES string of the molecule is O=C(O)C(C1CCCC1)N1C2CC3CC(C2)CC1C3.